The quantitative estimate of drug-likeness (QED) is 0.815. The highest BCUT2D eigenvalue weighted by molar-refractivity contribution is 9.10. The van der Waals surface area contributed by atoms with Gasteiger partial charge in [0.15, 0.2) is 17.3 Å². The highest BCUT2D eigenvalue weighted by Crippen LogP contribution is 2.24. The van der Waals surface area contributed by atoms with Gasteiger partial charge in [-0.2, -0.15) is 0 Å². The van der Waals surface area contributed by atoms with Crippen LogP contribution in [0, 0.1) is 5.82 Å². The van der Waals surface area contributed by atoms with E-state index in [0.29, 0.717) is 10.0 Å². The molecule has 17 heavy (non-hydrogen) atoms. The number of carbonyl (C=O) groups is 1. The Hall–Kier alpha value is -1.62. The smallest absolute Gasteiger partial charge is 0.229 e. The molecule has 0 amide bonds. The molecule has 88 valence electrons. The first-order valence-electron chi connectivity index (χ1n) is 4.74. The number of ketones is 1. The molecule has 0 bridgehead atoms. The van der Waals surface area contributed by atoms with Crippen LogP contribution in [-0.4, -0.2) is 12.9 Å². The second-order valence-electron chi connectivity index (χ2n) is 3.28. The van der Waals surface area contributed by atoms with Gasteiger partial charge in [0.2, 0.25) is 5.78 Å². The SMILES string of the molecule is COc1cc(C(=O)c2occc2Br)ccc1F. The van der Waals surface area contributed by atoms with Gasteiger partial charge in [-0.05, 0) is 40.2 Å². The van der Waals surface area contributed by atoms with Crippen LogP contribution in [0.3, 0.4) is 0 Å². The molecule has 3 nitrogen and oxygen atoms in total. The highest BCUT2D eigenvalue weighted by Gasteiger charge is 2.17. The van der Waals surface area contributed by atoms with Crippen LogP contribution in [0.4, 0.5) is 4.39 Å². The lowest BCUT2D eigenvalue weighted by Gasteiger charge is -2.04. The second kappa shape index (κ2) is 4.71. The molecule has 1 aromatic heterocycles. The molecule has 1 heterocycles. The second-order valence-corrected chi connectivity index (χ2v) is 4.13. The van der Waals surface area contributed by atoms with Crippen molar-refractivity contribution in [1.82, 2.24) is 0 Å². The molecule has 0 spiro atoms. The molecule has 1 aromatic carbocycles. The maximum absolute atomic E-state index is 13.2. The normalized spacial score (nSPS) is 10.3. The average molecular weight is 299 g/mol. The molecular formula is C12H8BrFO3. The number of benzene rings is 1. The van der Waals surface area contributed by atoms with Crippen LogP contribution in [0.1, 0.15) is 16.1 Å². The minimum Gasteiger partial charge on any atom is -0.494 e. The van der Waals surface area contributed by atoms with Crippen LogP contribution >= 0.6 is 15.9 Å². The number of carbonyl (C=O) groups excluding carboxylic acids is 1. The van der Waals surface area contributed by atoms with Crippen molar-refractivity contribution >= 4 is 21.7 Å². The van der Waals surface area contributed by atoms with Gasteiger partial charge < -0.3 is 9.15 Å². The van der Waals surface area contributed by atoms with Gasteiger partial charge in [0.1, 0.15) is 0 Å². The van der Waals surface area contributed by atoms with Gasteiger partial charge in [0.25, 0.3) is 0 Å². The van der Waals surface area contributed by atoms with Crippen LogP contribution < -0.4 is 4.74 Å². The molecule has 0 aliphatic rings. The Labute approximate surface area is 105 Å². The average Bonchev–Trinajstić information content (AvgIpc) is 2.75. The summed E-state index contributed by atoms with van der Waals surface area (Å²) in [6, 6.07) is 5.53. The number of furan rings is 1. The van der Waals surface area contributed by atoms with Crippen molar-refractivity contribution in [3.05, 3.63) is 52.1 Å². The van der Waals surface area contributed by atoms with Crippen molar-refractivity contribution in [3.8, 4) is 5.75 Å². The van der Waals surface area contributed by atoms with Crippen molar-refractivity contribution in [1.29, 1.82) is 0 Å². The van der Waals surface area contributed by atoms with Gasteiger partial charge in [-0.1, -0.05) is 0 Å². The number of hydrogen-bond acceptors (Lipinski definition) is 3. The van der Waals surface area contributed by atoms with Gasteiger partial charge in [-0.15, -0.1) is 0 Å². The Morgan fingerprint density at radius 3 is 2.76 bits per heavy atom. The van der Waals surface area contributed by atoms with E-state index in [2.05, 4.69) is 15.9 Å². The first-order chi connectivity index (χ1) is 8.13. The maximum atomic E-state index is 13.2. The molecule has 0 radical (unpaired) electrons. The van der Waals surface area contributed by atoms with E-state index in [-0.39, 0.29) is 17.3 Å². The molecule has 0 unspecified atom stereocenters. The number of ether oxygens (including phenoxy) is 1. The minimum absolute atomic E-state index is 0.0264. The predicted molar refractivity (Wildman–Crippen MR) is 62.8 cm³/mol. The topological polar surface area (TPSA) is 39.4 Å². The van der Waals surface area contributed by atoms with E-state index < -0.39 is 5.82 Å². The first kappa shape index (κ1) is 11.9. The van der Waals surface area contributed by atoms with E-state index in [4.69, 9.17) is 9.15 Å². The van der Waals surface area contributed by atoms with Crippen LogP contribution in [-0.2, 0) is 0 Å². The van der Waals surface area contributed by atoms with E-state index in [1.165, 1.54) is 31.6 Å². The molecule has 0 N–H and O–H groups in total. The monoisotopic (exact) mass is 298 g/mol. The Kier molecular flexibility index (Phi) is 3.28. The largest absolute Gasteiger partial charge is 0.494 e. The van der Waals surface area contributed by atoms with E-state index >= 15 is 0 Å². The summed E-state index contributed by atoms with van der Waals surface area (Å²) in [5, 5.41) is 0. The van der Waals surface area contributed by atoms with Crippen molar-refractivity contribution in [2.24, 2.45) is 0 Å². The summed E-state index contributed by atoms with van der Waals surface area (Å²) >= 11 is 3.19. The lowest BCUT2D eigenvalue weighted by molar-refractivity contribution is 0.101. The van der Waals surface area contributed by atoms with Gasteiger partial charge in [0.05, 0.1) is 17.8 Å². The third-order valence-corrected chi connectivity index (χ3v) is 2.86. The summed E-state index contributed by atoms with van der Waals surface area (Å²) in [6.07, 6.45) is 1.40. The van der Waals surface area contributed by atoms with Crippen molar-refractivity contribution in [2.75, 3.05) is 7.11 Å². The van der Waals surface area contributed by atoms with Gasteiger partial charge in [-0.25, -0.2) is 4.39 Å². The summed E-state index contributed by atoms with van der Waals surface area (Å²) in [4.78, 5) is 12.0. The molecular weight excluding hydrogens is 291 g/mol. The van der Waals surface area contributed by atoms with Crippen LogP contribution in [0.25, 0.3) is 0 Å². The van der Waals surface area contributed by atoms with E-state index in [0.717, 1.165) is 0 Å². The fraction of sp³-hybridized carbons (Fsp3) is 0.0833. The molecule has 5 heteroatoms. The van der Waals surface area contributed by atoms with Gasteiger partial charge >= 0.3 is 0 Å². The van der Waals surface area contributed by atoms with Gasteiger partial charge in [0, 0.05) is 5.56 Å². The lowest BCUT2D eigenvalue weighted by atomic mass is 10.1. The highest BCUT2D eigenvalue weighted by atomic mass is 79.9. The standard InChI is InChI=1S/C12H8BrFO3/c1-16-10-6-7(2-3-9(10)14)11(15)12-8(13)4-5-17-12/h2-6H,1H3. The fourth-order valence-electron chi connectivity index (χ4n) is 1.39. The summed E-state index contributed by atoms with van der Waals surface area (Å²) in [5.74, 6) is -0.639. The molecule has 0 fully saturated rings. The molecule has 0 aliphatic carbocycles. The van der Waals surface area contributed by atoms with Crippen molar-refractivity contribution < 1.29 is 18.3 Å². The number of methoxy groups -OCH3 is 1. The first-order valence-corrected chi connectivity index (χ1v) is 5.54. The van der Waals surface area contributed by atoms with Crippen molar-refractivity contribution in [3.63, 3.8) is 0 Å². The third kappa shape index (κ3) is 2.24. The Morgan fingerprint density at radius 2 is 2.18 bits per heavy atom. The molecule has 2 rings (SSSR count). The molecule has 0 atom stereocenters. The summed E-state index contributed by atoms with van der Waals surface area (Å²) < 4.78 is 23.6. The van der Waals surface area contributed by atoms with Gasteiger partial charge in [-0.3, -0.25) is 4.79 Å². The summed E-state index contributed by atoms with van der Waals surface area (Å²) in [6.45, 7) is 0. The predicted octanol–water partition coefficient (Wildman–Crippen LogP) is 3.42. The van der Waals surface area contributed by atoms with E-state index in [1.54, 1.807) is 6.07 Å². The maximum Gasteiger partial charge on any atom is 0.229 e. The molecule has 0 saturated carbocycles. The Balaban J connectivity index is 2.41. The third-order valence-electron chi connectivity index (χ3n) is 2.24. The zero-order valence-corrected chi connectivity index (χ0v) is 10.5. The van der Waals surface area contributed by atoms with Crippen LogP contribution in [0.5, 0.6) is 5.75 Å². The number of halogens is 2. The van der Waals surface area contributed by atoms with E-state index in [9.17, 15) is 9.18 Å². The molecule has 2 aromatic rings. The molecule has 0 saturated heterocycles. The number of rotatable bonds is 3. The number of hydrogen-bond donors (Lipinski definition) is 0. The minimum atomic E-state index is -0.512. The fourth-order valence-corrected chi connectivity index (χ4v) is 1.77. The summed E-state index contributed by atoms with van der Waals surface area (Å²) in [7, 11) is 1.34. The van der Waals surface area contributed by atoms with Crippen molar-refractivity contribution in [2.45, 2.75) is 0 Å². The van der Waals surface area contributed by atoms with E-state index in [1.807, 2.05) is 0 Å². The van der Waals surface area contributed by atoms with Crippen LogP contribution in [0.2, 0.25) is 0 Å². The summed E-state index contributed by atoms with van der Waals surface area (Å²) in [5.41, 5.74) is 0.305. The zero-order valence-electron chi connectivity index (χ0n) is 8.87. The zero-order chi connectivity index (χ0) is 12.4. The Morgan fingerprint density at radius 1 is 1.41 bits per heavy atom. The van der Waals surface area contributed by atoms with Crippen LogP contribution in [0.15, 0.2) is 39.4 Å². The lowest BCUT2D eigenvalue weighted by Crippen LogP contribution is -2.01. The Bertz CT molecular complexity index is 563. The molecule has 0 aliphatic heterocycles.